The van der Waals surface area contributed by atoms with E-state index in [1.807, 2.05) is 13.8 Å². The number of rotatable bonds is 8. The van der Waals surface area contributed by atoms with Crippen LogP contribution in [0.1, 0.15) is 37.2 Å². The van der Waals surface area contributed by atoms with Crippen molar-refractivity contribution in [1.29, 1.82) is 0 Å². The van der Waals surface area contributed by atoms with Gasteiger partial charge in [-0.3, -0.25) is 14.6 Å². The molecule has 27 heavy (non-hydrogen) atoms. The summed E-state index contributed by atoms with van der Waals surface area (Å²) in [6, 6.07) is 3.31. The number of hydrogen-bond acceptors (Lipinski definition) is 6. The Morgan fingerprint density at radius 1 is 1.04 bits per heavy atom. The third kappa shape index (κ3) is 4.72. The summed E-state index contributed by atoms with van der Waals surface area (Å²) >= 11 is 0. The number of aromatic nitrogens is 2. The van der Waals surface area contributed by atoms with Gasteiger partial charge in [0.15, 0.2) is 0 Å². The second-order valence-corrected chi connectivity index (χ2v) is 6.02. The van der Waals surface area contributed by atoms with Gasteiger partial charge in [0, 0.05) is 30.4 Å². The van der Waals surface area contributed by atoms with E-state index in [0.717, 1.165) is 12.8 Å². The highest BCUT2D eigenvalue weighted by Crippen LogP contribution is 2.38. The number of anilines is 2. The monoisotopic (exact) mass is 370 g/mol. The molecule has 3 rings (SSSR count). The number of nitrogens with one attached hydrogen (secondary N) is 2. The lowest BCUT2D eigenvalue weighted by Gasteiger charge is -2.17. The first-order valence-electron chi connectivity index (χ1n) is 8.94. The van der Waals surface area contributed by atoms with Crippen LogP contribution in [0.4, 0.5) is 11.4 Å². The lowest BCUT2D eigenvalue weighted by atomic mass is 10.2. The van der Waals surface area contributed by atoms with Crippen molar-refractivity contribution in [3.8, 4) is 11.5 Å². The van der Waals surface area contributed by atoms with Crippen LogP contribution >= 0.6 is 0 Å². The van der Waals surface area contributed by atoms with Crippen molar-refractivity contribution in [2.24, 2.45) is 5.92 Å². The van der Waals surface area contributed by atoms with Gasteiger partial charge < -0.3 is 20.1 Å². The Bertz CT molecular complexity index is 822. The molecule has 1 aromatic carbocycles. The molecule has 2 amide bonds. The molecule has 1 aromatic heterocycles. The van der Waals surface area contributed by atoms with Gasteiger partial charge in [-0.1, -0.05) is 0 Å². The van der Waals surface area contributed by atoms with Crippen molar-refractivity contribution in [2.75, 3.05) is 23.8 Å². The highest BCUT2D eigenvalue weighted by Gasteiger charge is 2.30. The minimum atomic E-state index is -0.415. The summed E-state index contributed by atoms with van der Waals surface area (Å²) in [6.45, 7) is 4.50. The Labute approximate surface area is 157 Å². The minimum absolute atomic E-state index is 0.0326. The number of carbonyl (C=O) groups is 2. The third-order valence-corrected chi connectivity index (χ3v) is 3.93. The highest BCUT2D eigenvalue weighted by molar-refractivity contribution is 6.04. The molecule has 8 heteroatoms. The van der Waals surface area contributed by atoms with E-state index in [1.54, 1.807) is 12.1 Å². The van der Waals surface area contributed by atoms with Crippen LogP contribution in [0.2, 0.25) is 0 Å². The predicted molar refractivity (Wildman–Crippen MR) is 100 cm³/mol. The van der Waals surface area contributed by atoms with Gasteiger partial charge in [0.25, 0.3) is 5.91 Å². The highest BCUT2D eigenvalue weighted by atomic mass is 16.5. The molecule has 2 N–H and O–H groups in total. The molecule has 0 unspecified atom stereocenters. The smallest absolute Gasteiger partial charge is 0.275 e. The van der Waals surface area contributed by atoms with Gasteiger partial charge in [-0.25, -0.2) is 4.98 Å². The van der Waals surface area contributed by atoms with Crippen LogP contribution in [0.3, 0.4) is 0 Å². The molecule has 2 aromatic rings. The Kier molecular flexibility index (Phi) is 5.85. The molecular formula is C19H22N4O4. The maximum atomic E-state index is 12.4. The van der Waals surface area contributed by atoms with Crippen LogP contribution < -0.4 is 20.1 Å². The summed E-state index contributed by atoms with van der Waals surface area (Å²) in [4.78, 5) is 32.5. The lowest BCUT2D eigenvalue weighted by Crippen LogP contribution is -2.17. The van der Waals surface area contributed by atoms with Gasteiger partial charge in [-0.05, 0) is 26.7 Å². The Balaban J connectivity index is 1.90. The van der Waals surface area contributed by atoms with Crippen molar-refractivity contribution in [3.05, 3.63) is 36.4 Å². The fraction of sp³-hybridized carbons (Fsp3) is 0.368. The van der Waals surface area contributed by atoms with Crippen molar-refractivity contribution in [2.45, 2.75) is 26.7 Å². The third-order valence-electron chi connectivity index (χ3n) is 3.93. The van der Waals surface area contributed by atoms with E-state index < -0.39 is 5.91 Å². The van der Waals surface area contributed by atoms with Gasteiger partial charge in [0.05, 0.1) is 30.8 Å². The Morgan fingerprint density at radius 3 is 2.19 bits per heavy atom. The first-order chi connectivity index (χ1) is 13.1. The van der Waals surface area contributed by atoms with Crippen LogP contribution in [0.5, 0.6) is 11.5 Å². The van der Waals surface area contributed by atoms with Crippen molar-refractivity contribution in [1.82, 2.24) is 9.97 Å². The van der Waals surface area contributed by atoms with E-state index in [1.165, 1.54) is 18.6 Å². The molecule has 1 heterocycles. The first kappa shape index (κ1) is 18.6. The zero-order valence-corrected chi connectivity index (χ0v) is 15.3. The van der Waals surface area contributed by atoms with Crippen LogP contribution in [0.25, 0.3) is 0 Å². The van der Waals surface area contributed by atoms with Gasteiger partial charge in [0.1, 0.15) is 17.2 Å². The topological polar surface area (TPSA) is 102 Å². The summed E-state index contributed by atoms with van der Waals surface area (Å²) in [7, 11) is 0. The van der Waals surface area contributed by atoms with E-state index in [4.69, 9.17) is 9.47 Å². The van der Waals surface area contributed by atoms with Crippen LogP contribution in [-0.2, 0) is 4.79 Å². The zero-order valence-electron chi connectivity index (χ0n) is 15.3. The van der Waals surface area contributed by atoms with Crippen molar-refractivity contribution in [3.63, 3.8) is 0 Å². The number of amides is 2. The molecule has 1 saturated carbocycles. The maximum Gasteiger partial charge on any atom is 0.275 e. The van der Waals surface area contributed by atoms with E-state index in [0.29, 0.717) is 36.1 Å². The molecule has 1 fully saturated rings. The molecule has 0 radical (unpaired) electrons. The number of carbonyl (C=O) groups excluding carboxylic acids is 2. The van der Waals surface area contributed by atoms with E-state index in [-0.39, 0.29) is 17.5 Å². The number of hydrogen-bond donors (Lipinski definition) is 2. The summed E-state index contributed by atoms with van der Waals surface area (Å²) in [6.07, 6.45) is 6.12. The van der Waals surface area contributed by atoms with Crippen LogP contribution in [0.15, 0.2) is 30.7 Å². The molecule has 0 spiro atoms. The van der Waals surface area contributed by atoms with E-state index in [2.05, 4.69) is 20.6 Å². The fourth-order valence-electron chi connectivity index (χ4n) is 2.49. The molecule has 1 aliphatic carbocycles. The van der Waals surface area contributed by atoms with Crippen LogP contribution in [0, 0.1) is 5.92 Å². The summed E-state index contributed by atoms with van der Waals surface area (Å²) in [5.41, 5.74) is 1.14. The molecule has 142 valence electrons. The second-order valence-electron chi connectivity index (χ2n) is 6.02. The average Bonchev–Trinajstić information content (AvgIpc) is 3.51. The SMILES string of the molecule is CCOc1cc(NC(=O)C2CC2)c(OCC)cc1NC(=O)c1cnccn1. The molecule has 8 nitrogen and oxygen atoms in total. The molecular weight excluding hydrogens is 348 g/mol. The first-order valence-corrected chi connectivity index (χ1v) is 8.94. The standard InChI is InChI=1S/C19H22N4O4/c1-3-26-16-10-14(23-19(25)15-11-20-7-8-21-15)17(27-4-2)9-13(16)22-18(24)12-5-6-12/h7-12H,3-6H2,1-2H3,(H,22,24)(H,23,25). The molecule has 0 aliphatic heterocycles. The molecule has 0 atom stereocenters. The summed E-state index contributed by atoms with van der Waals surface area (Å²) in [5, 5.41) is 5.66. The Morgan fingerprint density at radius 2 is 1.67 bits per heavy atom. The Hall–Kier alpha value is -3.16. The second kappa shape index (κ2) is 8.48. The number of nitrogens with zero attached hydrogens (tertiary/aromatic N) is 2. The largest absolute Gasteiger partial charge is 0.492 e. The number of ether oxygens (including phenoxy) is 2. The van der Waals surface area contributed by atoms with E-state index in [9.17, 15) is 9.59 Å². The van der Waals surface area contributed by atoms with Gasteiger partial charge in [0.2, 0.25) is 5.91 Å². The van der Waals surface area contributed by atoms with E-state index >= 15 is 0 Å². The zero-order chi connectivity index (χ0) is 19.2. The minimum Gasteiger partial charge on any atom is -0.492 e. The quantitative estimate of drug-likeness (QED) is 0.741. The average molecular weight is 370 g/mol. The van der Waals surface area contributed by atoms with Gasteiger partial charge in [-0.2, -0.15) is 0 Å². The number of benzene rings is 1. The van der Waals surface area contributed by atoms with Gasteiger partial charge in [-0.15, -0.1) is 0 Å². The molecule has 1 aliphatic rings. The predicted octanol–water partition coefficient (Wildman–Crippen LogP) is 2.87. The van der Waals surface area contributed by atoms with Crippen molar-refractivity contribution >= 4 is 23.2 Å². The summed E-state index contributed by atoms with van der Waals surface area (Å²) < 4.78 is 11.3. The molecule has 0 saturated heterocycles. The van der Waals surface area contributed by atoms with Crippen LogP contribution in [-0.4, -0.2) is 35.0 Å². The van der Waals surface area contributed by atoms with Gasteiger partial charge >= 0.3 is 0 Å². The molecule has 0 bridgehead atoms. The normalized spacial score (nSPS) is 13.0. The maximum absolute atomic E-state index is 12.4. The van der Waals surface area contributed by atoms with Crippen molar-refractivity contribution < 1.29 is 19.1 Å². The lowest BCUT2D eigenvalue weighted by molar-refractivity contribution is -0.117. The fourth-order valence-corrected chi connectivity index (χ4v) is 2.49. The summed E-state index contributed by atoms with van der Waals surface area (Å²) in [5.74, 6) is 0.510.